The zero-order valence-electron chi connectivity index (χ0n) is 9.78. The van der Waals surface area contributed by atoms with Gasteiger partial charge < -0.3 is 9.47 Å². The second-order valence-electron chi connectivity index (χ2n) is 4.74. The van der Waals surface area contributed by atoms with E-state index in [1.54, 1.807) is 0 Å². The number of ketones is 1. The Bertz CT molecular complexity index is 439. The molecule has 1 unspecified atom stereocenters. The highest BCUT2D eigenvalue weighted by Crippen LogP contribution is 2.33. The van der Waals surface area contributed by atoms with Crippen LogP contribution in [0, 0.1) is 5.92 Å². The van der Waals surface area contributed by atoms with E-state index in [1.165, 1.54) is 5.56 Å². The van der Waals surface area contributed by atoms with Crippen molar-refractivity contribution in [1.29, 1.82) is 0 Å². The van der Waals surface area contributed by atoms with Crippen molar-refractivity contribution in [3.8, 4) is 11.5 Å². The maximum absolute atomic E-state index is 11.6. The molecule has 1 aromatic rings. The lowest BCUT2D eigenvalue weighted by molar-refractivity contribution is -0.120. The summed E-state index contributed by atoms with van der Waals surface area (Å²) in [6, 6.07) is 6.00. The lowest BCUT2D eigenvalue weighted by Gasteiger charge is -2.19. The van der Waals surface area contributed by atoms with Crippen LogP contribution in [0.1, 0.15) is 24.8 Å². The fraction of sp³-hybridized carbons (Fsp3) is 0.500. The first-order valence-electron chi connectivity index (χ1n) is 6.24. The molecule has 0 saturated heterocycles. The molecule has 17 heavy (non-hydrogen) atoms. The summed E-state index contributed by atoms with van der Waals surface area (Å²) < 4.78 is 11.0. The first-order valence-corrected chi connectivity index (χ1v) is 6.24. The molecule has 0 N–H and O–H groups in total. The van der Waals surface area contributed by atoms with Crippen LogP contribution in [0.3, 0.4) is 0 Å². The van der Waals surface area contributed by atoms with E-state index in [0.717, 1.165) is 37.2 Å². The van der Waals surface area contributed by atoms with Gasteiger partial charge in [0.1, 0.15) is 19.0 Å². The molecule has 3 heteroatoms. The Morgan fingerprint density at radius 1 is 1.18 bits per heavy atom. The number of carbonyl (C=O) groups is 1. The Morgan fingerprint density at radius 3 is 2.76 bits per heavy atom. The topological polar surface area (TPSA) is 35.5 Å². The van der Waals surface area contributed by atoms with Crippen molar-refractivity contribution in [2.24, 2.45) is 5.92 Å². The van der Waals surface area contributed by atoms with E-state index in [9.17, 15) is 4.79 Å². The lowest BCUT2D eigenvalue weighted by Crippen LogP contribution is -2.16. The van der Waals surface area contributed by atoms with E-state index in [1.807, 2.05) is 18.2 Å². The number of ether oxygens (including phenoxy) is 2. The minimum Gasteiger partial charge on any atom is -0.486 e. The average Bonchev–Trinajstić information content (AvgIpc) is 2.75. The van der Waals surface area contributed by atoms with Crippen molar-refractivity contribution in [3.05, 3.63) is 23.8 Å². The molecule has 1 saturated carbocycles. The molecule has 90 valence electrons. The second-order valence-corrected chi connectivity index (χ2v) is 4.74. The zero-order valence-corrected chi connectivity index (χ0v) is 9.78. The molecule has 1 fully saturated rings. The van der Waals surface area contributed by atoms with Crippen LogP contribution in [0.15, 0.2) is 18.2 Å². The number of carbonyl (C=O) groups excluding carboxylic acids is 1. The largest absolute Gasteiger partial charge is 0.486 e. The highest BCUT2D eigenvalue weighted by molar-refractivity contribution is 5.83. The highest BCUT2D eigenvalue weighted by Gasteiger charge is 2.24. The molecule has 0 bridgehead atoms. The molecule has 0 amide bonds. The summed E-state index contributed by atoms with van der Waals surface area (Å²) in [7, 11) is 0. The minimum absolute atomic E-state index is 0.220. The summed E-state index contributed by atoms with van der Waals surface area (Å²) in [6.07, 6.45) is 3.69. The van der Waals surface area contributed by atoms with Crippen LogP contribution < -0.4 is 9.47 Å². The van der Waals surface area contributed by atoms with Crippen LogP contribution >= 0.6 is 0 Å². The third-order valence-corrected chi connectivity index (χ3v) is 3.52. The first-order chi connectivity index (χ1) is 8.33. The van der Waals surface area contributed by atoms with Crippen LogP contribution in [0.5, 0.6) is 11.5 Å². The maximum Gasteiger partial charge on any atom is 0.161 e. The van der Waals surface area contributed by atoms with Gasteiger partial charge in [-0.2, -0.15) is 0 Å². The van der Waals surface area contributed by atoms with Crippen LogP contribution in [0.4, 0.5) is 0 Å². The fourth-order valence-electron chi connectivity index (χ4n) is 2.60. The highest BCUT2D eigenvalue weighted by atomic mass is 16.6. The monoisotopic (exact) mass is 232 g/mol. The number of fused-ring (bicyclic) bond motifs is 1. The number of hydrogen-bond donors (Lipinski definition) is 0. The van der Waals surface area contributed by atoms with Gasteiger partial charge in [0.25, 0.3) is 0 Å². The number of Topliss-reactive ketones (excluding diaryl/α,β-unsaturated/α-hetero) is 1. The molecule has 3 nitrogen and oxygen atoms in total. The van der Waals surface area contributed by atoms with Gasteiger partial charge in [-0.05, 0) is 37.0 Å². The number of rotatable bonds is 2. The molecule has 2 aliphatic rings. The predicted octanol–water partition coefficient (Wildman–Crippen LogP) is 2.37. The summed E-state index contributed by atoms with van der Waals surface area (Å²) in [5, 5.41) is 0. The molecule has 1 aromatic carbocycles. The van der Waals surface area contributed by atoms with Crippen LogP contribution in [0.25, 0.3) is 0 Å². The van der Waals surface area contributed by atoms with Crippen LogP contribution in [-0.4, -0.2) is 19.0 Å². The number of benzene rings is 1. The van der Waals surface area contributed by atoms with Gasteiger partial charge in [-0.1, -0.05) is 6.07 Å². The zero-order chi connectivity index (χ0) is 11.7. The molecular weight excluding hydrogens is 216 g/mol. The second kappa shape index (κ2) is 4.40. The molecule has 0 radical (unpaired) electrons. The molecule has 3 rings (SSSR count). The van der Waals surface area contributed by atoms with Gasteiger partial charge in [-0.25, -0.2) is 0 Å². The van der Waals surface area contributed by atoms with Crippen LogP contribution in [0.2, 0.25) is 0 Å². The average molecular weight is 232 g/mol. The first kappa shape index (κ1) is 10.6. The smallest absolute Gasteiger partial charge is 0.161 e. The Balaban J connectivity index is 1.77. The third kappa shape index (κ3) is 2.14. The molecule has 1 heterocycles. The molecule has 1 aliphatic heterocycles. The van der Waals surface area contributed by atoms with Crippen LogP contribution in [-0.2, 0) is 11.2 Å². The van der Waals surface area contributed by atoms with Gasteiger partial charge in [-0.15, -0.1) is 0 Å². The summed E-state index contributed by atoms with van der Waals surface area (Å²) in [5.41, 5.74) is 1.18. The fourth-order valence-corrected chi connectivity index (χ4v) is 2.60. The summed E-state index contributed by atoms with van der Waals surface area (Å²) in [4.78, 5) is 11.6. The van der Waals surface area contributed by atoms with Crippen molar-refractivity contribution < 1.29 is 14.3 Å². The minimum atomic E-state index is 0.220. The van der Waals surface area contributed by atoms with Crippen molar-refractivity contribution in [1.82, 2.24) is 0 Å². The van der Waals surface area contributed by atoms with Gasteiger partial charge in [-0.3, -0.25) is 4.79 Å². The van der Waals surface area contributed by atoms with Crippen molar-refractivity contribution in [2.45, 2.75) is 25.7 Å². The van der Waals surface area contributed by atoms with Crippen molar-refractivity contribution in [3.63, 3.8) is 0 Å². The predicted molar refractivity (Wildman–Crippen MR) is 63.5 cm³/mol. The van der Waals surface area contributed by atoms with E-state index in [-0.39, 0.29) is 5.92 Å². The molecule has 0 spiro atoms. The quantitative estimate of drug-likeness (QED) is 0.785. The summed E-state index contributed by atoms with van der Waals surface area (Å²) in [6.45, 7) is 1.23. The molecule has 1 aliphatic carbocycles. The molecule has 0 aromatic heterocycles. The Kier molecular flexibility index (Phi) is 2.75. The summed E-state index contributed by atoms with van der Waals surface area (Å²) >= 11 is 0. The molecular formula is C14H16O3. The standard InChI is InChI=1S/C14H16O3/c15-12-3-1-2-11(12)8-10-4-5-13-14(9-10)17-7-6-16-13/h4-5,9,11H,1-3,6-8H2. The lowest BCUT2D eigenvalue weighted by atomic mass is 9.97. The van der Waals surface area contributed by atoms with Crippen molar-refractivity contribution >= 4 is 5.78 Å². The maximum atomic E-state index is 11.6. The van der Waals surface area contributed by atoms with Gasteiger partial charge in [0.2, 0.25) is 0 Å². The van der Waals surface area contributed by atoms with E-state index in [4.69, 9.17) is 9.47 Å². The summed E-state index contributed by atoms with van der Waals surface area (Å²) in [5.74, 6) is 2.27. The Labute approximate surface area is 101 Å². The van der Waals surface area contributed by atoms with E-state index in [2.05, 4.69) is 0 Å². The van der Waals surface area contributed by atoms with E-state index in [0.29, 0.717) is 19.0 Å². The van der Waals surface area contributed by atoms with E-state index >= 15 is 0 Å². The van der Waals surface area contributed by atoms with Crippen molar-refractivity contribution in [2.75, 3.05) is 13.2 Å². The van der Waals surface area contributed by atoms with Gasteiger partial charge in [0.05, 0.1) is 0 Å². The third-order valence-electron chi connectivity index (χ3n) is 3.52. The van der Waals surface area contributed by atoms with Gasteiger partial charge in [0, 0.05) is 12.3 Å². The van der Waals surface area contributed by atoms with Gasteiger partial charge >= 0.3 is 0 Å². The Morgan fingerprint density at radius 2 is 2.00 bits per heavy atom. The SMILES string of the molecule is O=C1CCCC1Cc1ccc2c(c1)OCCO2. The number of hydrogen-bond acceptors (Lipinski definition) is 3. The normalized spacial score (nSPS) is 22.8. The van der Waals surface area contributed by atoms with Gasteiger partial charge in [0.15, 0.2) is 11.5 Å². The molecule has 1 atom stereocenters. The Hall–Kier alpha value is -1.51. The van der Waals surface area contributed by atoms with E-state index < -0.39 is 0 Å².